The molecule has 0 N–H and O–H groups in total. The first-order valence-corrected chi connectivity index (χ1v) is 9.30. The predicted molar refractivity (Wildman–Crippen MR) is 82.1 cm³/mol. The molecule has 0 saturated heterocycles. The number of carbonyl (C=O) groups is 1. The van der Waals surface area contributed by atoms with E-state index in [4.69, 9.17) is 0 Å². The van der Waals surface area contributed by atoms with Gasteiger partial charge in [-0.15, -0.1) is 0 Å². The van der Waals surface area contributed by atoms with Crippen molar-refractivity contribution >= 4 is 16.1 Å². The minimum atomic E-state index is -4.33. The van der Waals surface area contributed by atoms with Crippen LogP contribution in [-0.2, 0) is 14.9 Å². The third-order valence-electron chi connectivity index (χ3n) is 3.69. The summed E-state index contributed by atoms with van der Waals surface area (Å²) >= 11 is 0. The molecule has 12 heteroatoms. The third kappa shape index (κ3) is 7.03. The van der Waals surface area contributed by atoms with E-state index in [1.165, 1.54) is 0 Å². The highest BCUT2D eigenvalue weighted by molar-refractivity contribution is 7.85. The summed E-state index contributed by atoms with van der Waals surface area (Å²) in [5.74, 6) is -14.7. The average Bonchev–Trinajstić information content (AvgIpc) is 2.53. The zero-order valence-corrected chi connectivity index (χ0v) is 15.3. The van der Waals surface area contributed by atoms with Crippen LogP contribution in [0.2, 0.25) is 0 Å². The number of carbonyl (C=O) groups excluding carboxylic acids is 1. The lowest BCUT2D eigenvalue weighted by atomic mass is 10.2. The molecule has 0 aliphatic carbocycles. The summed E-state index contributed by atoms with van der Waals surface area (Å²) < 4.78 is 102. The molecule has 0 amide bonds. The Hall–Kier alpha value is -1.79. The van der Waals surface area contributed by atoms with Gasteiger partial charge in [0.1, 0.15) is 0 Å². The normalized spacial score (nSPS) is 12.3. The Bertz CT molecular complexity index is 784. The molecule has 154 valence electrons. The molecule has 0 radical (unpaired) electrons. The van der Waals surface area contributed by atoms with Crippen LogP contribution in [-0.4, -0.2) is 56.4 Å². The van der Waals surface area contributed by atoms with Gasteiger partial charge >= 0.3 is 5.97 Å². The number of benzene rings is 1. The number of halogens is 5. The van der Waals surface area contributed by atoms with Crippen molar-refractivity contribution in [1.82, 2.24) is 0 Å². The van der Waals surface area contributed by atoms with Crippen molar-refractivity contribution in [3.8, 4) is 5.75 Å². The number of hydrogen-bond donors (Lipinski definition) is 0. The molecular weight excluding hydrogens is 401 g/mol. The van der Waals surface area contributed by atoms with Gasteiger partial charge in [0.15, 0.2) is 0 Å². The molecule has 0 atom stereocenters. The zero-order valence-electron chi connectivity index (χ0n) is 14.5. The summed E-state index contributed by atoms with van der Waals surface area (Å²) in [6, 6.07) is 0. The monoisotopic (exact) mass is 419 g/mol. The van der Waals surface area contributed by atoms with Crippen LogP contribution in [0.1, 0.15) is 19.3 Å². The maximum absolute atomic E-state index is 13.4. The number of quaternary nitrogens is 1. The Kier molecular flexibility index (Phi) is 7.69. The Morgan fingerprint density at radius 1 is 0.926 bits per heavy atom. The molecular formula is C15H18F5NO5S. The second kappa shape index (κ2) is 8.93. The highest BCUT2D eigenvalue weighted by Gasteiger charge is 2.28. The Balaban J connectivity index is 2.60. The Morgan fingerprint density at radius 2 is 1.37 bits per heavy atom. The van der Waals surface area contributed by atoms with Crippen molar-refractivity contribution < 1.29 is 48.9 Å². The van der Waals surface area contributed by atoms with Crippen LogP contribution in [0.5, 0.6) is 5.75 Å². The van der Waals surface area contributed by atoms with Crippen LogP contribution >= 0.6 is 0 Å². The zero-order chi connectivity index (χ0) is 21.0. The number of rotatable bonds is 9. The maximum atomic E-state index is 13.4. The van der Waals surface area contributed by atoms with Gasteiger partial charge in [-0.25, -0.2) is 21.6 Å². The van der Waals surface area contributed by atoms with E-state index in [9.17, 15) is 39.7 Å². The topological polar surface area (TPSA) is 83.5 Å². The third-order valence-corrected chi connectivity index (χ3v) is 4.48. The lowest BCUT2D eigenvalue weighted by molar-refractivity contribution is -0.890. The summed E-state index contributed by atoms with van der Waals surface area (Å²) in [4.78, 5) is 11.6. The molecule has 27 heavy (non-hydrogen) atoms. The van der Waals surface area contributed by atoms with Crippen LogP contribution in [0.3, 0.4) is 0 Å². The molecule has 0 heterocycles. The average molecular weight is 419 g/mol. The molecule has 0 fully saturated rings. The van der Waals surface area contributed by atoms with Crippen molar-refractivity contribution in [3.05, 3.63) is 29.1 Å². The quantitative estimate of drug-likeness (QED) is 0.116. The van der Waals surface area contributed by atoms with E-state index in [-0.39, 0.29) is 23.7 Å². The fourth-order valence-electron chi connectivity index (χ4n) is 2.27. The summed E-state index contributed by atoms with van der Waals surface area (Å²) in [6.07, 6.45) is -0.139. The standard InChI is InChI=1S/C15H18F5NO5S/c1-21(2,7-4-8-27(23,24)25)6-3-5-9(22)26-15-13(19)11(17)10(16)12(18)14(15)20/h3-8H2,1-2H3. The first-order chi connectivity index (χ1) is 12.2. The van der Waals surface area contributed by atoms with E-state index in [0.29, 0.717) is 13.1 Å². The molecule has 0 unspecified atom stereocenters. The summed E-state index contributed by atoms with van der Waals surface area (Å²) in [6.45, 7) is 0.624. The van der Waals surface area contributed by atoms with E-state index in [0.717, 1.165) is 0 Å². The minimum Gasteiger partial charge on any atom is -0.748 e. The molecule has 1 aromatic rings. The van der Waals surface area contributed by atoms with Crippen molar-refractivity contribution in [2.45, 2.75) is 19.3 Å². The van der Waals surface area contributed by atoms with Gasteiger partial charge in [0, 0.05) is 18.6 Å². The molecule has 0 aliphatic rings. The van der Waals surface area contributed by atoms with Gasteiger partial charge in [-0.1, -0.05) is 0 Å². The van der Waals surface area contributed by atoms with Crippen LogP contribution < -0.4 is 4.74 Å². The van der Waals surface area contributed by atoms with E-state index in [1.54, 1.807) is 14.1 Å². The van der Waals surface area contributed by atoms with Crippen LogP contribution in [0.4, 0.5) is 22.0 Å². The SMILES string of the molecule is C[N+](C)(CCCC(=O)Oc1c(F)c(F)c(F)c(F)c1F)CCCS(=O)(=O)[O-]. The number of ether oxygens (including phenoxy) is 1. The smallest absolute Gasteiger partial charge is 0.311 e. The largest absolute Gasteiger partial charge is 0.748 e. The van der Waals surface area contributed by atoms with Crippen molar-refractivity contribution in [2.75, 3.05) is 32.9 Å². The van der Waals surface area contributed by atoms with Crippen molar-refractivity contribution in [1.29, 1.82) is 0 Å². The lowest BCUT2D eigenvalue weighted by Crippen LogP contribution is -2.42. The van der Waals surface area contributed by atoms with Crippen molar-refractivity contribution in [3.63, 3.8) is 0 Å². The van der Waals surface area contributed by atoms with Gasteiger partial charge in [-0.05, 0) is 0 Å². The first kappa shape index (κ1) is 23.2. The van der Waals surface area contributed by atoms with E-state index < -0.39 is 56.7 Å². The van der Waals surface area contributed by atoms with Gasteiger partial charge in [-0.3, -0.25) is 4.79 Å². The fourth-order valence-corrected chi connectivity index (χ4v) is 2.75. The molecule has 6 nitrogen and oxygen atoms in total. The van der Waals surface area contributed by atoms with Gasteiger partial charge in [0.2, 0.25) is 34.8 Å². The van der Waals surface area contributed by atoms with Gasteiger partial charge in [-0.2, -0.15) is 8.78 Å². The second-order valence-corrected chi connectivity index (χ2v) is 8.00. The first-order valence-electron chi connectivity index (χ1n) is 7.73. The molecule has 0 bridgehead atoms. The maximum Gasteiger partial charge on any atom is 0.311 e. The van der Waals surface area contributed by atoms with Crippen LogP contribution in [0.15, 0.2) is 0 Å². The Labute approximate surface area is 152 Å². The summed E-state index contributed by atoms with van der Waals surface area (Å²) in [5.41, 5.74) is 0. The number of esters is 1. The van der Waals surface area contributed by atoms with E-state index in [2.05, 4.69) is 4.74 Å². The molecule has 1 rings (SSSR count). The van der Waals surface area contributed by atoms with Gasteiger partial charge in [0.05, 0.1) is 43.7 Å². The van der Waals surface area contributed by atoms with E-state index in [1.807, 2.05) is 0 Å². The van der Waals surface area contributed by atoms with E-state index >= 15 is 0 Å². The van der Waals surface area contributed by atoms with Gasteiger partial charge < -0.3 is 13.8 Å². The van der Waals surface area contributed by atoms with Gasteiger partial charge in [0.25, 0.3) is 0 Å². The molecule has 0 spiro atoms. The number of hydrogen-bond acceptors (Lipinski definition) is 5. The highest BCUT2D eigenvalue weighted by Crippen LogP contribution is 2.29. The second-order valence-electron chi connectivity index (χ2n) is 6.47. The molecule has 1 aromatic carbocycles. The summed E-state index contributed by atoms with van der Waals surface area (Å²) in [7, 11) is -0.924. The van der Waals surface area contributed by atoms with Crippen molar-refractivity contribution in [2.24, 2.45) is 0 Å². The molecule has 0 aliphatic heterocycles. The van der Waals surface area contributed by atoms with Crippen LogP contribution in [0, 0.1) is 29.1 Å². The number of nitrogens with zero attached hydrogens (tertiary/aromatic N) is 1. The predicted octanol–water partition coefficient (Wildman–Crippen LogP) is 2.08. The Morgan fingerprint density at radius 3 is 1.85 bits per heavy atom. The molecule has 0 saturated carbocycles. The highest BCUT2D eigenvalue weighted by atomic mass is 32.2. The van der Waals surface area contributed by atoms with Crippen LogP contribution in [0.25, 0.3) is 0 Å². The lowest BCUT2D eigenvalue weighted by Gasteiger charge is -2.29. The summed E-state index contributed by atoms with van der Waals surface area (Å²) in [5, 5.41) is 0. The fraction of sp³-hybridized carbons (Fsp3) is 0.533. The minimum absolute atomic E-state index is 0.105. The molecule has 0 aromatic heterocycles.